The minimum absolute atomic E-state index is 0.101. The Kier molecular flexibility index (Phi) is 6.19. The Hall–Kier alpha value is -2.94. The molecule has 1 N–H and O–H groups in total. The van der Waals surface area contributed by atoms with Crippen LogP contribution in [0.2, 0.25) is 0 Å². The van der Waals surface area contributed by atoms with Gasteiger partial charge in [-0.3, -0.25) is 9.59 Å². The van der Waals surface area contributed by atoms with Crippen LogP contribution in [0.4, 0.5) is 5.82 Å². The molecule has 0 unspecified atom stereocenters. The van der Waals surface area contributed by atoms with Crippen LogP contribution in [0.1, 0.15) is 65.8 Å². The predicted octanol–water partition coefficient (Wildman–Crippen LogP) is 2.94. The van der Waals surface area contributed by atoms with E-state index in [1.807, 2.05) is 12.1 Å². The summed E-state index contributed by atoms with van der Waals surface area (Å²) in [5.74, 6) is -0.0160. The number of sulfonamides is 1. The van der Waals surface area contributed by atoms with E-state index >= 15 is 0 Å². The van der Waals surface area contributed by atoms with Gasteiger partial charge in [0.25, 0.3) is 21.8 Å². The van der Waals surface area contributed by atoms with E-state index in [4.69, 9.17) is 0 Å². The van der Waals surface area contributed by atoms with Crippen LogP contribution in [0, 0.1) is 0 Å². The van der Waals surface area contributed by atoms with Crippen LogP contribution >= 0.6 is 0 Å². The summed E-state index contributed by atoms with van der Waals surface area (Å²) in [5.41, 5.74) is 1.15. The molecule has 170 valence electrons. The third kappa shape index (κ3) is 4.21. The molecule has 1 aromatic heterocycles. The van der Waals surface area contributed by atoms with Gasteiger partial charge in [-0.2, -0.15) is 0 Å². The second-order valence-corrected chi connectivity index (χ2v) is 10.3. The number of hydrogen-bond donors (Lipinski definition) is 1. The van der Waals surface area contributed by atoms with Gasteiger partial charge in [-0.05, 0) is 56.5 Å². The molecule has 9 heteroatoms. The lowest BCUT2D eigenvalue weighted by atomic mass is 10.1. The molecule has 1 saturated heterocycles. The molecule has 0 radical (unpaired) electrons. The van der Waals surface area contributed by atoms with Gasteiger partial charge in [0.2, 0.25) is 0 Å². The number of anilines is 1. The molecule has 0 bridgehead atoms. The van der Waals surface area contributed by atoms with Crippen LogP contribution in [0.15, 0.2) is 41.4 Å². The van der Waals surface area contributed by atoms with E-state index in [1.165, 1.54) is 43.9 Å². The van der Waals surface area contributed by atoms with E-state index < -0.39 is 27.9 Å². The second-order valence-electron chi connectivity index (χ2n) is 8.52. The smallest absolute Gasteiger partial charge is 0.269 e. The Bertz CT molecular complexity index is 1120. The number of nitrogens with zero attached hydrogens (tertiary/aromatic N) is 3. The van der Waals surface area contributed by atoms with Gasteiger partial charge >= 0.3 is 0 Å². The number of nitrogens with one attached hydrogen (secondary N) is 1. The van der Waals surface area contributed by atoms with Crippen molar-refractivity contribution in [1.82, 2.24) is 14.6 Å². The molecule has 4 rings (SSSR count). The largest absolute Gasteiger partial charge is 0.357 e. The van der Waals surface area contributed by atoms with Crippen LogP contribution in [0.3, 0.4) is 0 Å². The molecule has 0 aliphatic carbocycles. The highest BCUT2D eigenvalue weighted by molar-refractivity contribution is 7.90. The van der Waals surface area contributed by atoms with Crippen molar-refractivity contribution in [1.29, 1.82) is 0 Å². The average molecular weight is 457 g/mol. The van der Waals surface area contributed by atoms with Gasteiger partial charge in [0.15, 0.2) is 0 Å². The quantitative estimate of drug-likeness (QED) is 0.743. The first-order valence-electron chi connectivity index (χ1n) is 11.0. The van der Waals surface area contributed by atoms with Gasteiger partial charge in [0, 0.05) is 37.4 Å². The summed E-state index contributed by atoms with van der Waals surface area (Å²) in [7, 11) is -3.95. The maximum atomic E-state index is 12.7. The van der Waals surface area contributed by atoms with E-state index in [9.17, 15) is 18.0 Å². The second kappa shape index (κ2) is 8.90. The van der Waals surface area contributed by atoms with Crippen molar-refractivity contribution in [2.75, 3.05) is 18.0 Å². The van der Waals surface area contributed by atoms with Gasteiger partial charge in [-0.25, -0.2) is 17.7 Å². The van der Waals surface area contributed by atoms with Gasteiger partial charge in [0.05, 0.1) is 5.56 Å². The van der Waals surface area contributed by atoms with Crippen molar-refractivity contribution >= 4 is 27.7 Å². The third-order valence-electron chi connectivity index (χ3n) is 5.87. The molecule has 3 heterocycles. The number of benzene rings is 1. The average Bonchev–Trinajstić information content (AvgIpc) is 2.95. The Morgan fingerprint density at radius 3 is 2.44 bits per heavy atom. The predicted molar refractivity (Wildman–Crippen MR) is 121 cm³/mol. The number of amides is 2. The van der Waals surface area contributed by atoms with Gasteiger partial charge in [0.1, 0.15) is 10.7 Å². The topological polar surface area (TPSA) is 99.7 Å². The molecule has 2 amide bonds. The number of pyridine rings is 1. The molecule has 32 heavy (non-hydrogen) atoms. The van der Waals surface area contributed by atoms with Crippen LogP contribution in [-0.2, 0) is 16.6 Å². The highest BCUT2D eigenvalue weighted by Crippen LogP contribution is 2.32. The van der Waals surface area contributed by atoms with E-state index in [2.05, 4.69) is 15.2 Å². The van der Waals surface area contributed by atoms with Gasteiger partial charge in [-0.1, -0.05) is 18.9 Å². The first kappa shape index (κ1) is 22.3. The van der Waals surface area contributed by atoms with Gasteiger partial charge < -0.3 is 10.2 Å². The van der Waals surface area contributed by atoms with E-state index in [0.29, 0.717) is 0 Å². The fourth-order valence-electron chi connectivity index (χ4n) is 4.19. The molecule has 1 fully saturated rings. The Morgan fingerprint density at radius 1 is 1.09 bits per heavy atom. The monoisotopic (exact) mass is 456 g/mol. The first-order valence-corrected chi connectivity index (χ1v) is 12.4. The zero-order chi connectivity index (χ0) is 22.9. The summed E-state index contributed by atoms with van der Waals surface area (Å²) in [5, 5.41) is 2.80. The summed E-state index contributed by atoms with van der Waals surface area (Å²) in [4.78, 5) is 31.8. The maximum absolute atomic E-state index is 12.7. The zero-order valence-electron chi connectivity index (χ0n) is 18.4. The molecular formula is C23H28N4O4S. The van der Waals surface area contributed by atoms with E-state index in [0.717, 1.165) is 28.8 Å². The number of carbonyl (C=O) groups is 2. The lowest BCUT2D eigenvalue weighted by Crippen LogP contribution is -2.36. The number of aromatic nitrogens is 1. The number of hydrogen-bond acceptors (Lipinski definition) is 6. The van der Waals surface area contributed by atoms with Crippen LogP contribution in [-0.4, -0.2) is 48.7 Å². The summed E-state index contributed by atoms with van der Waals surface area (Å²) >= 11 is 0. The van der Waals surface area contributed by atoms with Crippen molar-refractivity contribution in [2.45, 2.75) is 57.0 Å². The molecular weight excluding hydrogens is 428 g/mol. The standard InChI is InChI=1S/C23H28N4O4S/c1-16(2)27-23(29)19-9-8-18(13-20(19)32(27,30)31)22(28)25-15-17-7-10-21(24-14-17)26-11-5-3-4-6-12-26/h7-10,13-14,16H,3-6,11-12,15H2,1-2H3,(H,25,28). The molecule has 0 atom stereocenters. The van der Waals surface area contributed by atoms with Crippen molar-refractivity contribution in [2.24, 2.45) is 0 Å². The van der Waals surface area contributed by atoms with Crippen LogP contribution < -0.4 is 10.2 Å². The Balaban J connectivity index is 1.43. The molecule has 2 aromatic rings. The molecule has 0 spiro atoms. The van der Waals surface area contributed by atoms with E-state index in [-0.39, 0.29) is 22.6 Å². The summed E-state index contributed by atoms with van der Waals surface area (Å²) in [6.45, 7) is 5.58. The zero-order valence-corrected chi connectivity index (χ0v) is 19.2. The fraction of sp³-hybridized carbons (Fsp3) is 0.435. The number of fused-ring (bicyclic) bond motifs is 1. The molecule has 0 saturated carbocycles. The van der Waals surface area contributed by atoms with Crippen molar-refractivity contribution in [3.8, 4) is 0 Å². The number of rotatable bonds is 5. The summed E-state index contributed by atoms with van der Waals surface area (Å²) < 4.78 is 26.3. The molecule has 2 aliphatic heterocycles. The molecule has 2 aliphatic rings. The minimum Gasteiger partial charge on any atom is -0.357 e. The molecule has 8 nitrogen and oxygen atoms in total. The van der Waals surface area contributed by atoms with E-state index in [1.54, 1.807) is 20.0 Å². The normalized spacial score (nSPS) is 17.9. The number of carbonyl (C=O) groups excluding carboxylic acids is 2. The third-order valence-corrected chi connectivity index (χ3v) is 7.87. The van der Waals surface area contributed by atoms with Crippen molar-refractivity contribution < 1.29 is 18.0 Å². The lowest BCUT2D eigenvalue weighted by molar-refractivity contribution is 0.0845. The molecule has 1 aromatic carbocycles. The highest BCUT2D eigenvalue weighted by Gasteiger charge is 2.42. The van der Waals surface area contributed by atoms with Crippen molar-refractivity contribution in [3.63, 3.8) is 0 Å². The van der Waals surface area contributed by atoms with Gasteiger partial charge in [-0.15, -0.1) is 0 Å². The maximum Gasteiger partial charge on any atom is 0.269 e. The van der Waals surface area contributed by atoms with Crippen LogP contribution in [0.25, 0.3) is 0 Å². The highest BCUT2D eigenvalue weighted by atomic mass is 32.2. The van der Waals surface area contributed by atoms with Crippen molar-refractivity contribution in [3.05, 3.63) is 53.2 Å². The minimum atomic E-state index is -3.95. The summed E-state index contributed by atoms with van der Waals surface area (Å²) in [6, 6.07) is 7.58. The fourth-order valence-corrected chi connectivity index (χ4v) is 5.98. The SMILES string of the molecule is CC(C)N1C(=O)c2ccc(C(=O)NCc3ccc(N4CCCCCC4)nc3)cc2S1(=O)=O. The Morgan fingerprint density at radius 2 is 1.81 bits per heavy atom. The van der Waals surface area contributed by atoms with Crippen LogP contribution in [0.5, 0.6) is 0 Å². The lowest BCUT2D eigenvalue weighted by Gasteiger charge is -2.21. The summed E-state index contributed by atoms with van der Waals surface area (Å²) in [6.07, 6.45) is 6.63. The Labute approximate surface area is 188 Å². The first-order chi connectivity index (χ1) is 15.3.